The molecule has 2 aliphatic rings. The molecule has 0 saturated heterocycles. The van der Waals surface area contributed by atoms with Crippen LogP contribution in [0, 0.1) is 5.92 Å². The second kappa shape index (κ2) is 4.06. The summed E-state index contributed by atoms with van der Waals surface area (Å²) in [4.78, 5) is 11.3. The summed E-state index contributed by atoms with van der Waals surface area (Å²) in [5.41, 5.74) is 8.35. The van der Waals surface area contributed by atoms with Crippen molar-refractivity contribution in [2.75, 3.05) is 13.2 Å². The first-order chi connectivity index (χ1) is 7.15. The van der Waals surface area contributed by atoms with Gasteiger partial charge in [-0.15, -0.1) is 0 Å². The summed E-state index contributed by atoms with van der Waals surface area (Å²) >= 11 is 0. The molecule has 4 heteroatoms. The third-order valence-electron chi connectivity index (χ3n) is 2.66. The van der Waals surface area contributed by atoms with Gasteiger partial charge in [0.05, 0.1) is 24.6 Å². The summed E-state index contributed by atoms with van der Waals surface area (Å²) in [5, 5.41) is 3.20. The van der Waals surface area contributed by atoms with Gasteiger partial charge in [-0.2, -0.15) is 0 Å². The van der Waals surface area contributed by atoms with Gasteiger partial charge < -0.3 is 15.8 Å². The van der Waals surface area contributed by atoms with Crippen LogP contribution in [0.3, 0.4) is 0 Å². The van der Waals surface area contributed by atoms with Gasteiger partial charge in [0.1, 0.15) is 0 Å². The molecule has 0 radical (unpaired) electrons. The van der Waals surface area contributed by atoms with E-state index < -0.39 is 0 Å². The Hall–Kier alpha value is -1.29. The van der Waals surface area contributed by atoms with Crippen molar-refractivity contribution in [3.63, 3.8) is 0 Å². The lowest BCUT2D eigenvalue weighted by Gasteiger charge is -2.20. The molecule has 1 aliphatic carbocycles. The molecule has 4 nitrogen and oxygen atoms in total. The molecule has 0 saturated carbocycles. The van der Waals surface area contributed by atoms with Gasteiger partial charge in [0.15, 0.2) is 5.78 Å². The van der Waals surface area contributed by atoms with Crippen molar-refractivity contribution in [2.24, 2.45) is 11.7 Å². The Bertz CT molecular complexity index is 344. The van der Waals surface area contributed by atoms with Crippen molar-refractivity contribution >= 4 is 5.78 Å². The van der Waals surface area contributed by atoms with Gasteiger partial charge in [-0.05, 0) is 12.3 Å². The van der Waals surface area contributed by atoms with E-state index >= 15 is 0 Å². The Balaban J connectivity index is 2.06. The molecule has 1 heterocycles. The van der Waals surface area contributed by atoms with Gasteiger partial charge >= 0.3 is 0 Å². The van der Waals surface area contributed by atoms with Crippen LogP contribution in [0.25, 0.3) is 0 Å². The van der Waals surface area contributed by atoms with Crippen LogP contribution < -0.4 is 11.1 Å². The molecule has 2 rings (SSSR count). The SMILES string of the molecule is CC1CC(=O)C=C(NC2=C(N)COC2)C1. The van der Waals surface area contributed by atoms with Crippen LogP contribution in [0.4, 0.5) is 0 Å². The molecule has 15 heavy (non-hydrogen) atoms. The molecule has 1 atom stereocenters. The minimum absolute atomic E-state index is 0.189. The van der Waals surface area contributed by atoms with E-state index in [2.05, 4.69) is 12.2 Å². The van der Waals surface area contributed by atoms with Crippen molar-refractivity contribution in [3.05, 3.63) is 23.2 Å². The summed E-state index contributed by atoms with van der Waals surface area (Å²) in [6, 6.07) is 0. The van der Waals surface area contributed by atoms with Gasteiger partial charge in [0.25, 0.3) is 0 Å². The van der Waals surface area contributed by atoms with E-state index in [1.807, 2.05) is 0 Å². The molecule has 1 aliphatic heterocycles. The molecular weight excluding hydrogens is 192 g/mol. The number of nitrogens with one attached hydrogen (secondary N) is 1. The third kappa shape index (κ3) is 2.39. The molecule has 3 N–H and O–H groups in total. The minimum atomic E-state index is 0.189. The van der Waals surface area contributed by atoms with E-state index in [4.69, 9.17) is 10.5 Å². The summed E-state index contributed by atoms with van der Waals surface area (Å²) < 4.78 is 5.19. The van der Waals surface area contributed by atoms with E-state index in [1.165, 1.54) is 0 Å². The third-order valence-corrected chi connectivity index (χ3v) is 2.66. The molecule has 0 bridgehead atoms. The largest absolute Gasteiger partial charge is 0.399 e. The van der Waals surface area contributed by atoms with Crippen LogP contribution in [-0.2, 0) is 9.53 Å². The summed E-state index contributed by atoms with van der Waals surface area (Å²) in [7, 11) is 0. The maximum absolute atomic E-state index is 11.3. The normalized spacial score (nSPS) is 26.9. The zero-order valence-corrected chi connectivity index (χ0v) is 8.88. The van der Waals surface area contributed by atoms with E-state index in [0.717, 1.165) is 23.5 Å². The van der Waals surface area contributed by atoms with Gasteiger partial charge in [0, 0.05) is 18.2 Å². The first-order valence-corrected chi connectivity index (χ1v) is 5.21. The lowest BCUT2D eigenvalue weighted by Crippen LogP contribution is -2.23. The van der Waals surface area contributed by atoms with Crippen molar-refractivity contribution < 1.29 is 9.53 Å². The molecule has 0 fully saturated rings. The highest BCUT2D eigenvalue weighted by atomic mass is 16.5. The molecule has 0 spiro atoms. The van der Waals surface area contributed by atoms with Gasteiger partial charge in [-0.3, -0.25) is 4.79 Å². The van der Waals surface area contributed by atoms with Crippen LogP contribution in [-0.4, -0.2) is 19.0 Å². The van der Waals surface area contributed by atoms with Crippen LogP contribution in [0.2, 0.25) is 0 Å². The number of allylic oxidation sites excluding steroid dienone is 2. The van der Waals surface area contributed by atoms with Crippen LogP contribution >= 0.6 is 0 Å². The standard InChI is InChI=1S/C11H16N2O2/c1-7-2-8(4-9(14)3-7)13-11-6-15-5-10(11)12/h4,7,13H,2-3,5-6,12H2,1H3. The topological polar surface area (TPSA) is 64.4 Å². The number of rotatable bonds is 2. The molecule has 0 amide bonds. The van der Waals surface area contributed by atoms with E-state index in [0.29, 0.717) is 25.6 Å². The predicted octanol–water partition coefficient (Wildman–Crippen LogP) is 0.659. The van der Waals surface area contributed by atoms with Gasteiger partial charge in [0.2, 0.25) is 0 Å². The number of carbonyl (C=O) groups excluding carboxylic acids is 1. The quantitative estimate of drug-likeness (QED) is 0.699. The average molecular weight is 208 g/mol. The maximum atomic E-state index is 11.3. The number of ether oxygens (including phenoxy) is 1. The fraction of sp³-hybridized carbons (Fsp3) is 0.545. The second-order valence-corrected chi connectivity index (χ2v) is 4.27. The Morgan fingerprint density at radius 1 is 1.47 bits per heavy atom. The minimum Gasteiger partial charge on any atom is -0.399 e. The summed E-state index contributed by atoms with van der Waals surface area (Å²) in [6.45, 7) is 3.08. The number of nitrogens with two attached hydrogens (primary N) is 1. The highest BCUT2D eigenvalue weighted by Crippen LogP contribution is 2.21. The van der Waals surface area contributed by atoms with Crippen molar-refractivity contribution in [3.8, 4) is 0 Å². The zero-order valence-electron chi connectivity index (χ0n) is 8.88. The molecule has 1 unspecified atom stereocenters. The smallest absolute Gasteiger partial charge is 0.157 e. The fourth-order valence-electron chi connectivity index (χ4n) is 1.94. The van der Waals surface area contributed by atoms with Crippen molar-refractivity contribution in [2.45, 2.75) is 19.8 Å². The Morgan fingerprint density at radius 3 is 2.87 bits per heavy atom. The maximum Gasteiger partial charge on any atom is 0.157 e. The molecule has 0 aromatic carbocycles. The lowest BCUT2D eigenvalue weighted by atomic mass is 9.93. The Kier molecular flexibility index (Phi) is 2.77. The van der Waals surface area contributed by atoms with Crippen LogP contribution in [0.15, 0.2) is 23.2 Å². The number of hydrogen-bond donors (Lipinski definition) is 2. The highest BCUT2D eigenvalue weighted by molar-refractivity contribution is 5.91. The molecule has 82 valence electrons. The monoisotopic (exact) mass is 208 g/mol. The number of carbonyl (C=O) groups is 1. The number of hydrogen-bond acceptors (Lipinski definition) is 4. The van der Waals surface area contributed by atoms with E-state index in [1.54, 1.807) is 6.08 Å². The predicted molar refractivity (Wildman–Crippen MR) is 56.7 cm³/mol. The van der Waals surface area contributed by atoms with Crippen molar-refractivity contribution in [1.82, 2.24) is 5.32 Å². The fourth-order valence-corrected chi connectivity index (χ4v) is 1.94. The number of ketones is 1. The lowest BCUT2D eigenvalue weighted by molar-refractivity contribution is -0.115. The highest BCUT2D eigenvalue weighted by Gasteiger charge is 2.19. The first kappa shape index (κ1) is 10.2. The van der Waals surface area contributed by atoms with Crippen LogP contribution in [0.1, 0.15) is 19.8 Å². The molecule has 0 aromatic heterocycles. The molecule has 0 aromatic rings. The summed E-state index contributed by atoms with van der Waals surface area (Å²) in [5.74, 6) is 0.600. The van der Waals surface area contributed by atoms with Gasteiger partial charge in [-0.1, -0.05) is 6.92 Å². The molecular formula is C11H16N2O2. The first-order valence-electron chi connectivity index (χ1n) is 5.21. The van der Waals surface area contributed by atoms with E-state index in [-0.39, 0.29) is 5.78 Å². The second-order valence-electron chi connectivity index (χ2n) is 4.27. The van der Waals surface area contributed by atoms with Crippen LogP contribution in [0.5, 0.6) is 0 Å². The average Bonchev–Trinajstić information content (AvgIpc) is 2.50. The van der Waals surface area contributed by atoms with Gasteiger partial charge in [-0.25, -0.2) is 0 Å². The van der Waals surface area contributed by atoms with Crippen molar-refractivity contribution in [1.29, 1.82) is 0 Å². The van der Waals surface area contributed by atoms with E-state index in [9.17, 15) is 4.79 Å². The Morgan fingerprint density at radius 2 is 2.27 bits per heavy atom. The summed E-state index contributed by atoms with van der Waals surface area (Å²) in [6.07, 6.45) is 3.23. The Labute approximate surface area is 89.2 Å². The zero-order chi connectivity index (χ0) is 10.8.